The molecule has 2 heterocycles. The number of carbonyl (C=O) groups is 1. The van der Waals surface area contributed by atoms with Crippen molar-refractivity contribution in [1.82, 2.24) is 14.5 Å². The number of para-hydroxylation sites is 1. The van der Waals surface area contributed by atoms with Gasteiger partial charge in [0.05, 0.1) is 17.2 Å². The quantitative estimate of drug-likeness (QED) is 0.718. The number of fused-ring (bicyclic) bond motifs is 1. The smallest absolute Gasteiger partial charge is 0.261 e. The Labute approximate surface area is 143 Å². The van der Waals surface area contributed by atoms with Gasteiger partial charge in [-0.2, -0.15) is 11.3 Å². The summed E-state index contributed by atoms with van der Waals surface area (Å²) in [6, 6.07) is 9.55. The van der Waals surface area contributed by atoms with E-state index in [9.17, 15) is 9.59 Å². The molecule has 122 valence electrons. The molecule has 0 aliphatic heterocycles. The van der Waals surface area contributed by atoms with Gasteiger partial charge >= 0.3 is 0 Å². The van der Waals surface area contributed by atoms with Crippen LogP contribution in [0.4, 0.5) is 0 Å². The Morgan fingerprint density at radius 3 is 2.88 bits per heavy atom. The predicted molar refractivity (Wildman–Crippen MR) is 93.9 cm³/mol. The number of aromatic nitrogens is 2. The molecule has 0 saturated heterocycles. The standard InChI is InChI=1S/C18H17N3O2S/c22-17(21(14-5-6-14)9-13-7-8-24-11-13)10-20-12-19-16-4-2-1-3-15(16)18(20)23/h1-4,7-8,11-12,14H,5-6,9-10H2. The predicted octanol–water partition coefficient (Wildman–Crippen LogP) is 2.65. The van der Waals surface area contributed by atoms with E-state index in [1.807, 2.05) is 28.5 Å². The van der Waals surface area contributed by atoms with Gasteiger partial charge in [-0.05, 0) is 47.4 Å². The van der Waals surface area contributed by atoms with Crippen LogP contribution in [0.5, 0.6) is 0 Å². The van der Waals surface area contributed by atoms with Gasteiger partial charge in [0.15, 0.2) is 0 Å². The molecule has 4 rings (SSSR count). The van der Waals surface area contributed by atoms with E-state index in [2.05, 4.69) is 10.4 Å². The van der Waals surface area contributed by atoms with Crippen LogP contribution in [-0.2, 0) is 17.9 Å². The van der Waals surface area contributed by atoms with Crippen molar-refractivity contribution in [3.8, 4) is 0 Å². The van der Waals surface area contributed by atoms with Gasteiger partial charge in [-0.25, -0.2) is 4.98 Å². The zero-order valence-corrected chi connectivity index (χ0v) is 13.9. The molecule has 0 spiro atoms. The van der Waals surface area contributed by atoms with Crippen LogP contribution in [0.15, 0.2) is 52.2 Å². The molecule has 0 unspecified atom stereocenters. The van der Waals surface area contributed by atoms with Crippen molar-refractivity contribution in [2.45, 2.75) is 32.0 Å². The molecular weight excluding hydrogens is 322 g/mol. The maximum atomic E-state index is 12.8. The van der Waals surface area contributed by atoms with Crippen molar-refractivity contribution in [2.24, 2.45) is 0 Å². The van der Waals surface area contributed by atoms with Crippen LogP contribution in [0.2, 0.25) is 0 Å². The number of hydrogen-bond donors (Lipinski definition) is 0. The molecule has 1 aliphatic carbocycles. The molecule has 0 atom stereocenters. The second kappa shape index (κ2) is 6.20. The summed E-state index contributed by atoms with van der Waals surface area (Å²) < 4.78 is 1.41. The third-order valence-electron chi connectivity index (χ3n) is 4.28. The van der Waals surface area contributed by atoms with Crippen molar-refractivity contribution in [3.63, 3.8) is 0 Å². The Bertz CT molecular complexity index is 929. The molecular formula is C18H17N3O2S. The molecule has 1 aromatic carbocycles. The largest absolute Gasteiger partial charge is 0.334 e. The normalized spacial score (nSPS) is 14.0. The van der Waals surface area contributed by atoms with Gasteiger partial charge in [0.2, 0.25) is 5.91 Å². The van der Waals surface area contributed by atoms with Crippen LogP contribution in [0.25, 0.3) is 10.9 Å². The van der Waals surface area contributed by atoms with Crippen molar-refractivity contribution >= 4 is 28.1 Å². The average molecular weight is 339 g/mol. The second-order valence-electron chi connectivity index (χ2n) is 6.08. The lowest BCUT2D eigenvalue weighted by molar-refractivity contribution is -0.133. The summed E-state index contributed by atoms with van der Waals surface area (Å²) in [6.07, 6.45) is 3.56. The van der Waals surface area contributed by atoms with Crippen LogP contribution in [-0.4, -0.2) is 26.4 Å². The molecule has 2 aromatic heterocycles. The summed E-state index contributed by atoms with van der Waals surface area (Å²) in [7, 11) is 0. The maximum Gasteiger partial charge on any atom is 0.261 e. The minimum Gasteiger partial charge on any atom is -0.334 e. The summed E-state index contributed by atoms with van der Waals surface area (Å²) >= 11 is 1.63. The number of amides is 1. The average Bonchev–Trinajstić information content (AvgIpc) is 3.31. The number of benzene rings is 1. The van der Waals surface area contributed by atoms with Crippen molar-refractivity contribution < 1.29 is 4.79 Å². The molecule has 0 N–H and O–H groups in total. The molecule has 0 bridgehead atoms. The Morgan fingerprint density at radius 2 is 2.12 bits per heavy atom. The molecule has 3 aromatic rings. The summed E-state index contributed by atoms with van der Waals surface area (Å²) in [6.45, 7) is 0.653. The van der Waals surface area contributed by atoms with Crippen LogP contribution in [0.3, 0.4) is 0 Å². The highest BCUT2D eigenvalue weighted by atomic mass is 32.1. The number of carbonyl (C=O) groups excluding carboxylic acids is 1. The highest BCUT2D eigenvalue weighted by Gasteiger charge is 2.32. The first-order valence-electron chi connectivity index (χ1n) is 7.97. The molecule has 24 heavy (non-hydrogen) atoms. The van der Waals surface area contributed by atoms with Gasteiger partial charge in [-0.15, -0.1) is 0 Å². The van der Waals surface area contributed by atoms with E-state index in [0.717, 1.165) is 18.4 Å². The Morgan fingerprint density at radius 1 is 1.29 bits per heavy atom. The Hall–Kier alpha value is -2.47. The monoisotopic (exact) mass is 339 g/mol. The van der Waals surface area contributed by atoms with Crippen molar-refractivity contribution in [2.75, 3.05) is 0 Å². The first kappa shape index (κ1) is 15.1. The van der Waals surface area contributed by atoms with E-state index >= 15 is 0 Å². The van der Waals surface area contributed by atoms with Crippen LogP contribution >= 0.6 is 11.3 Å². The maximum absolute atomic E-state index is 12.8. The Kier molecular flexibility index (Phi) is 3.90. The van der Waals surface area contributed by atoms with Crippen LogP contribution in [0, 0.1) is 0 Å². The van der Waals surface area contributed by atoms with Gasteiger partial charge in [-0.3, -0.25) is 14.2 Å². The molecule has 1 aliphatic rings. The molecule has 0 radical (unpaired) electrons. The molecule has 1 fully saturated rings. The van der Waals surface area contributed by atoms with Gasteiger partial charge < -0.3 is 4.90 Å². The number of thiophene rings is 1. The Balaban J connectivity index is 1.58. The highest BCUT2D eigenvalue weighted by molar-refractivity contribution is 7.07. The summed E-state index contributed by atoms with van der Waals surface area (Å²) in [5.41, 5.74) is 1.63. The number of nitrogens with zero attached hydrogens (tertiary/aromatic N) is 3. The first-order valence-corrected chi connectivity index (χ1v) is 8.91. The minimum atomic E-state index is -0.166. The van der Waals surface area contributed by atoms with Gasteiger partial charge in [-0.1, -0.05) is 12.1 Å². The summed E-state index contributed by atoms with van der Waals surface area (Å²) in [4.78, 5) is 31.5. The lowest BCUT2D eigenvalue weighted by Crippen LogP contribution is -2.37. The fourth-order valence-corrected chi connectivity index (χ4v) is 3.50. The third-order valence-corrected chi connectivity index (χ3v) is 5.01. The molecule has 5 nitrogen and oxygen atoms in total. The van der Waals surface area contributed by atoms with Gasteiger partial charge in [0.1, 0.15) is 6.54 Å². The highest BCUT2D eigenvalue weighted by Crippen LogP contribution is 2.29. The SMILES string of the molecule is O=C(Cn1cnc2ccccc2c1=O)N(Cc1ccsc1)C1CC1. The van der Waals surface area contributed by atoms with Gasteiger partial charge in [0, 0.05) is 12.6 Å². The lowest BCUT2D eigenvalue weighted by Gasteiger charge is -2.22. The minimum absolute atomic E-state index is 0.0251. The fraction of sp³-hybridized carbons (Fsp3) is 0.278. The van der Waals surface area contributed by atoms with E-state index in [-0.39, 0.29) is 18.0 Å². The van der Waals surface area contributed by atoms with Gasteiger partial charge in [0.25, 0.3) is 5.56 Å². The number of hydrogen-bond acceptors (Lipinski definition) is 4. The first-order chi connectivity index (χ1) is 11.7. The van der Waals surface area contributed by atoms with E-state index < -0.39 is 0 Å². The van der Waals surface area contributed by atoms with Crippen molar-refractivity contribution in [1.29, 1.82) is 0 Å². The third kappa shape index (κ3) is 2.97. The van der Waals surface area contributed by atoms with E-state index in [1.54, 1.807) is 23.5 Å². The summed E-state index contributed by atoms with van der Waals surface area (Å²) in [5, 5.41) is 4.62. The van der Waals surface area contributed by atoms with E-state index in [4.69, 9.17) is 0 Å². The molecule has 1 saturated carbocycles. The molecule has 6 heteroatoms. The van der Waals surface area contributed by atoms with Crippen LogP contribution < -0.4 is 5.56 Å². The summed E-state index contributed by atoms with van der Waals surface area (Å²) in [5.74, 6) is -0.0251. The molecule has 1 amide bonds. The van der Waals surface area contributed by atoms with E-state index in [0.29, 0.717) is 23.5 Å². The van der Waals surface area contributed by atoms with Crippen LogP contribution in [0.1, 0.15) is 18.4 Å². The van der Waals surface area contributed by atoms with Crippen molar-refractivity contribution in [3.05, 3.63) is 63.3 Å². The zero-order chi connectivity index (χ0) is 16.5. The second-order valence-corrected chi connectivity index (χ2v) is 6.86. The van der Waals surface area contributed by atoms with E-state index in [1.165, 1.54) is 10.9 Å². The fourth-order valence-electron chi connectivity index (χ4n) is 2.84. The number of rotatable bonds is 5. The zero-order valence-electron chi connectivity index (χ0n) is 13.1. The lowest BCUT2D eigenvalue weighted by atomic mass is 10.2. The topological polar surface area (TPSA) is 55.2 Å².